The van der Waals surface area contributed by atoms with E-state index in [2.05, 4.69) is 11.2 Å². The molecule has 1 heterocycles. The quantitative estimate of drug-likeness (QED) is 0.719. The molecule has 0 aromatic carbocycles. The lowest BCUT2D eigenvalue weighted by Crippen LogP contribution is -2.51. The second-order valence-corrected chi connectivity index (χ2v) is 5.07. The van der Waals surface area contributed by atoms with Gasteiger partial charge in [-0.25, -0.2) is 0 Å². The van der Waals surface area contributed by atoms with Gasteiger partial charge in [-0.05, 0) is 26.2 Å². The Morgan fingerprint density at radius 1 is 1.47 bits per heavy atom. The zero-order valence-electron chi connectivity index (χ0n) is 11.6. The Labute approximate surface area is 114 Å². The van der Waals surface area contributed by atoms with Crippen LogP contribution in [0.1, 0.15) is 33.1 Å². The first-order chi connectivity index (χ1) is 8.96. The molecule has 0 aliphatic carbocycles. The van der Waals surface area contributed by atoms with Gasteiger partial charge in [-0.1, -0.05) is 12.8 Å². The monoisotopic (exact) mass is 266 g/mol. The van der Waals surface area contributed by atoms with E-state index in [1.807, 2.05) is 18.7 Å². The lowest BCUT2D eigenvalue weighted by atomic mass is 9.76. The molecular weight excluding hydrogens is 244 g/mol. The van der Waals surface area contributed by atoms with Crippen molar-refractivity contribution in [3.8, 4) is 12.3 Å². The van der Waals surface area contributed by atoms with Crippen LogP contribution in [0.15, 0.2) is 0 Å². The SMILES string of the molecule is C#CCNC(=O)C(C)N1CCC(CC)(C(=O)O)CC1. The van der Waals surface area contributed by atoms with Gasteiger partial charge in [-0.3, -0.25) is 14.5 Å². The summed E-state index contributed by atoms with van der Waals surface area (Å²) in [5.74, 6) is 1.54. The van der Waals surface area contributed by atoms with Gasteiger partial charge >= 0.3 is 5.97 Å². The number of likely N-dealkylation sites (tertiary alicyclic amines) is 1. The Bertz CT molecular complexity index is 379. The van der Waals surface area contributed by atoms with E-state index in [1.165, 1.54) is 0 Å². The fourth-order valence-electron chi connectivity index (χ4n) is 2.51. The molecule has 0 aromatic heterocycles. The van der Waals surface area contributed by atoms with Gasteiger partial charge < -0.3 is 10.4 Å². The second-order valence-electron chi connectivity index (χ2n) is 5.07. The molecule has 2 N–H and O–H groups in total. The number of aliphatic carboxylic acids is 1. The Hall–Kier alpha value is -1.54. The number of piperidine rings is 1. The van der Waals surface area contributed by atoms with Crippen molar-refractivity contribution in [2.75, 3.05) is 19.6 Å². The Morgan fingerprint density at radius 3 is 2.47 bits per heavy atom. The first-order valence-electron chi connectivity index (χ1n) is 6.65. The molecule has 0 radical (unpaired) electrons. The number of nitrogens with one attached hydrogen (secondary N) is 1. The van der Waals surface area contributed by atoms with Gasteiger partial charge in [0.25, 0.3) is 0 Å². The number of carbonyl (C=O) groups is 2. The number of carboxylic acids is 1. The third-order valence-corrected chi connectivity index (χ3v) is 4.18. The van der Waals surface area contributed by atoms with E-state index in [1.54, 1.807) is 0 Å². The molecule has 0 saturated carbocycles. The average molecular weight is 266 g/mol. The van der Waals surface area contributed by atoms with E-state index in [-0.39, 0.29) is 18.5 Å². The Morgan fingerprint density at radius 2 is 2.05 bits per heavy atom. The number of carbonyl (C=O) groups excluding carboxylic acids is 1. The molecular formula is C14H22N2O3. The van der Waals surface area contributed by atoms with E-state index >= 15 is 0 Å². The topological polar surface area (TPSA) is 69.6 Å². The molecule has 1 aliphatic rings. The summed E-state index contributed by atoms with van der Waals surface area (Å²) >= 11 is 0. The Kier molecular flexibility index (Phi) is 5.37. The summed E-state index contributed by atoms with van der Waals surface area (Å²) < 4.78 is 0. The third-order valence-electron chi connectivity index (χ3n) is 4.18. The zero-order chi connectivity index (χ0) is 14.5. The van der Waals surface area contributed by atoms with Crippen LogP contribution < -0.4 is 5.32 Å². The summed E-state index contributed by atoms with van der Waals surface area (Å²) in [6.07, 6.45) is 6.91. The molecule has 1 amide bonds. The second kappa shape index (κ2) is 6.58. The molecule has 1 rings (SSSR count). The minimum atomic E-state index is -0.723. The highest BCUT2D eigenvalue weighted by molar-refractivity contribution is 5.81. The lowest BCUT2D eigenvalue weighted by Gasteiger charge is -2.40. The number of nitrogens with zero attached hydrogens (tertiary/aromatic N) is 1. The van der Waals surface area contributed by atoms with Gasteiger partial charge in [0.05, 0.1) is 18.0 Å². The van der Waals surface area contributed by atoms with Gasteiger partial charge in [0.15, 0.2) is 0 Å². The molecule has 0 aromatic rings. The molecule has 106 valence electrons. The van der Waals surface area contributed by atoms with Crippen molar-refractivity contribution in [1.29, 1.82) is 0 Å². The van der Waals surface area contributed by atoms with E-state index < -0.39 is 11.4 Å². The maximum absolute atomic E-state index is 11.8. The van der Waals surface area contributed by atoms with Crippen molar-refractivity contribution in [3.05, 3.63) is 0 Å². The van der Waals surface area contributed by atoms with Crippen molar-refractivity contribution in [2.45, 2.75) is 39.2 Å². The molecule has 1 unspecified atom stereocenters. The maximum Gasteiger partial charge on any atom is 0.309 e. The van der Waals surface area contributed by atoms with E-state index in [0.29, 0.717) is 32.4 Å². The number of terminal acetylenes is 1. The van der Waals surface area contributed by atoms with Gasteiger partial charge in [-0.2, -0.15) is 0 Å². The zero-order valence-corrected chi connectivity index (χ0v) is 11.6. The minimum Gasteiger partial charge on any atom is -0.481 e. The molecule has 0 spiro atoms. The van der Waals surface area contributed by atoms with E-state index in [4.69, 9.17) is 6.42 Å². The van der Waals surface area contributed by atoms with Crippen LogP contribution in [0.25, 0.3) is 0 Å². The first-order valence-corrected chi connectivity index (χ1v) is 6.65. The molecule has 19 heavy (non-hydrogen) atoms. The van der Waals surface area contributed by atoms with Gasteiger partial charge in [0.1, 0.15) is 0 Å². The number of hydrogen-bond donors (Lipinski definition) is 2. The molecule has 5 heteroatoms. The molecule has 1 atom stereocenters. The van der Waals surface area contributed by atoms with Crippen LogP contribution in [0, 0.1) is 17.8 Å². The highest BCUT2D eigenvalue weighted by Gasteiger charge is 2.41. The van der Waals surface area contributed by atoms with Crippen molar-refractivity contribution >= 4 is 11.9 Å². The summed E-state index contributed by atoms with van der Waals surface area (Å²) in [6, 6.07) is -0.267. The average Bonchev–Trinajstić information content (AvgIpc) is 2.43. The van der Waals surface area contributed by atoms with Crippen molar-refractivity contribution in [2.24, 2.45) is 5.41 Å². The van der Waals surface area contributed by atoms with Crippen molar-refractivity contribution < 1.29 is 14.7 Å². The molecule has 0 bridgehead atoms. The first kappa shape index (κ1) is 15.5. The van der Waals surface area contributed by atoms with Gasteiger partial charge in [0, 0.05) is 13.1 Å². The smallest absolute Gasteiger partial charge is 0.309 e. The largest absolute Gasteiger partial charge is 0.481 e. The predicted octanol–water partition coefficient (Wildman–Crippen LogP) is 0.701. The van der Waals surface area contributed by atoms with E-state index in [9.17, 15) is 14.7 Å². The number of hydrogen-bond acceptors (Lipinski definition) is 3. The summed E-state index contributed by atoms with van der Waals surface area (Å²) in [4.78, 5) is 25.2. The minimum absolute atomic E-state index is 0.0997. The third kappa shape index (κ3) is 3.48. The molecule has 1 aliphatic heterocycles. The molecule has 1 fully saturated rings. The van der Waals surface area contributed by atoms with Crippen molar-refractivity contribution in [3.63, 3.8) is 0 Å². The standard InChI is InChI=1S/C14H22N2O3/c1-4-8-15-12(17)11(3)16-9-6-14(5-2,7-10-16)13(18)19/h1,11H,5-10H2,2-3H3,(H,15,17)(H,18,19). The predicted molar refractivity (Wildman–Crippen MR) is 72.5 cm³/mol. The number of amides is 1. The van der Waals surface area contributed by atoms with Gasteiger partial charge in [-0.15, -0.1) is 6.42 Å². The van der Waals surface area contributed by atoms with E-state index in [0.717, 1.165) is 0 Å². The highest BCUT2D eigenvalue weighted by atomic mass is 16.4. The van der Waals surface area contributed by atoms with Crippen LogP contribution in [-0.4, -0.2) is 47.6 Å². The summed E-state index contributed by atoms with van der Waals surface area (Å²) in [7, 11) is 0. The van der Waals surface area contributed by atoms with Crippen LogP contribution in [0.2, 0.25) is 0 Å². The number of carboxylic acid groups (broad SMARTS) is 1. The van der Waals surface area contributed by atoms with Crippen LogP contribution in [0.4, 0.5) is 0 Å². The lowest BCUT2D eigenvalue weighted by molar-refractivity contribution is -0.152. The van der Waals surface area contributed by atoms with Crippen LogP contribution in [-0.2, 0) is 9.59 Å². The van der Waals surface area contributed by atoms with Crippen LogP contribution in [0.3, 0.4) is 0 Å². The van der Waals surface area contributed by atoms with Crippen LogP contribution >= 0.6 is 0 Å². The van der Waals surface area contributed by atoms with Gasteiger partial charge in [0.2, 0.25) is 5.91 Å². The number of rotatable bonds is 5. The van der Waals surface area contributed by atoms with Crippen LogP contribution in [0.5, 0.6) is 0 Å². The summed E-state index contributed by atoms with van der Waals surface area (Å²) in [5, 5.41) is 12.0. The Balaban J connectivity index is 2.56. The highest BCUT2D eigenvalue weighted by Crippen LogP contribution is 2.35. The normalized spacial score (nSPS) is 20.3. The molecule has 5 nitrogen and oxygen atoms in total. The maximum atomic E-state index is 11.8. The van der Waals surface area contributed by atoms with Crippen molar-refractivity contribution in [1.82, 2.24) is 10.2 Å². The summed E-state index contributed by atoms with van der Waals surface area (Å²) in [5.41, 5.74) is -0.620. The summed E-state index contributed by atoms with van der Waals surface area (Å²) in [6.45, 7) is 5.22. The fraction of sp³-hybridized carbons (Fsp3) is 0.714. The molecule has 1 saturated heterocycles. The fourth-order valence-corrected chi connectivity index (χ4v) is 2.51.